The average molecular weight is 469 g/mol. The molecule has 0 radical (unpaired) electrons. The van der Waals surface area contributed by atoms with E-state index in [-0.39, 0.29) is 18.1 Å². The van der Waals surface area contributed by atoms with E-state index in [2.05, 4.69) is 38.0 Å². The van der Waals surface area contributed by atoms with Crippen LogP contribution < -0.4 is 5.32 Å². The van der Waals surface area contributed by atoms with Crippen molar-refractivity contribution in [2.75, 3.05) is 7.11 Å². The molecule has 1 N–H and O–H groups in total. The van der Waals surface area contributed by atoms with E-state index < -0.39 is 0 Å². The quantitative estimate of drug-likeness (QED) is 0.323. The van der Waals surface area contributed by atoms with Gasteiger partial charge in [0.15, 0.2) is 5.11 Å². The number of rotatable bonds is 6. The van der Waals surface area contributed by atoms with Crippen molar-refractivity contribution in [1.29, 1.82) is 0 Å². The van der Waals surface area contributed by atoms with Crippen molar-refractivity contribution in [2.24, 2.45) is 0 Å². The van der Waals surface area contributed by atoms with Crippen molar-refractivity contribution < 1.29 is 9.53 Å². The molecule has 0 aliphatic carbocycles. The van der Waals surface area contributed by atoms with Gasteiger partial charge in [0, 0.05) is 30.3 Å². The third-order valence-corrected chi connectivity index (χ3v) is 6.37. The lowest BCUT2D eigenvalue weighted by Crippen LogP contribution is -2.30. The third-order valence-electron chi connectivity index (χ3n) is 6.02. The SMILES string of the molecule is COC(=O)c1cccc(-n2cccc2[C@H]2[C@H](c3ccccn3)NC(=S)N2Cc2ccccc2)c1. The van der Waals surface area contributed by atoms with Gasteiger partial charge in [-0.05, 0) is 60.2 Å². The number of nitrogens with one attached hydrogen (secondary N) is 1. The summed E-state index contributed by atoms with van der Waals surface area (Å²) in [6.45, 7) is 0.661. The maximum atomic E-state index is 12.1. The number of carbonyl (C=O) groups is 1. The minimum absolute atomic E-state index is 0.112. The zero-order valence-electron chi connectivity index (χ0n) is 18.7. The maximum absolute atomic E-state index is 12.1. The number of thiocarbonyl (C=S) groups is 1. The molecule has 1 fully saturated rings. The van der Waals surface area contributed by atoms with Gasteiger partial charge >= 0.3 is 5.97 Å². The standard InChI is InChI=1S/C27H24N4O2S/c1-33-26(32)20-11-7-12-21(17-20)30-16-8-14-23(30)25-24(22-13-5-6-15-28-22)29-27(34)31(25)18-19-9-3-2-4-10-19/h2-17,24-25H,18H2,1H3,(H,29,34)/t24-,25-/m0/s1. The summed E-state index contributed by atoms with van der Waals surface area (Å²) in [5.74, 6) is -0.365. The molecule has 1 saturated heterocycles. The van der Waals surface area contributed by atoms with E-state index in [1.807, 2.05) is 66.9 Å². The smallest absolute Gasteiger partial charge is 0.337 e. The summed E-state index contributed by atoms with van der Waals surface area (Å²) in [7, 11) is 1.39. The molecule has 1 aliphatic rings. The zero-order chi connectivity index (χ0) is 23.5. The second kappa shape index (κ2) is 9.49. The van der Waals surface area contributed by atoms with E-state index in [4.69, 9.17) is 17.0 Å². The fraction of sp³-hybridized carbons (Fsp3) is 0.148. The summed E-state index contributed by atoms with van der Waals surface area (Å²) in [5, 5.41) is 4.18. The molecule has 6 nitrogen and oxygen atoms in total. The van der Waals surface area contributed by atoms with Gasteiger partial charge in [-0.15, -0.1) is 0 Å². The molecule has 3 heterocycles. The highest BCUT2D eigenvalue weighted by Crippen LogP contribution is 2.40. The Balaban J connectivity index is 1.59. The monoisotopic (exact) mass is 468 g/mol. The first-order chi connectivity index (χ1) is 16.7. The number of methoxy groups -OCH3 is 1. The number of pyridine rings is 1. The van der Waals surface area contributed by atoms with Crippen LogP contribution in [0.2, 0.25) is 0 Å². The van der Waals surface area contributed by atoms with Gasteiger partial charge in [-0.25, -0.2) is 4.79 Å². The topological polar surface area (TPSA) is 59.4 Å². The van der Waals surface area contributed by atoms with Crippen LogP contribution in [-0.4, -0.2) is 32.6 Å². The van der Waals surface area contributed by atoms with Gasteiger partial charge in [0.05, 0.1) is 30.5 Å². The minimum Gasteiger partial charge on any atom is -0.465 e. The molecule has 0 saturated carbocycles. The summed E-state index contributed by atoms with van der Waals surface area (Å²) in [6.07, 6.45) is 3.80. The van der Waals surface area contributed by atoms with Gasteiger partial charge in [0.25, 0.3) is 0 Å². The number of aromatic nitrogens is 2. The first kappa shape index (κ1) is 21.9. The largest absolute Gasteiger partial charge is 0.465 e. The van der Waals surface area contributed by atoms with Gasteiger partial charge in [0.2, 0.25) is 0 Å². The number of carbonyl (C=O) groups excluding carboxylic acids is 1. The molecule has 34 heavy (non-hydrogen) atoms. The van der Waals surface area contributed by atoms with Crippen LogP contribution in [0.3, 0.4) is 0 Å². The fourth-order valence-electron chi connectivity index (χ4n) is 4.45. The lowest BCUT2D eigenvalue weighted by Gasteiger charge is -2.29. The second-order valence-corrected chi connectivity index (χ2v) is 8.47. The van der Waals surface area contributed by atoms with E-state index >= 15 is 0 Å². The Bertz CT molecular complexity index is 1310. The second-order valence-electron chi connectivity index (χ2n) is 8.09. The van der Waals surface area contributed by atoms with Crippen LogP contribution in [-0.2, 0) is 11.3 Å². The van der Waals surface area contributed by atoms with E-state index in [1.54, 1.807) is 12.3 Å². The summed E-state index contributed by atoms with van der Waals surface area (Å²) in [5.41, 5.74) is 4.51. The molecule has 1 aliphatic heterocycles. The van der Waals surface area contributed by atoms with E-state index in [0.717, 1.165) is 17.1 Å². The van der Waals surface area contributed by atoms with E-state index in [0.29, 0.717) is 17.2 Å². The molecular formula is C27H24N4O2S. The summed E-state index contributed by atoms with van der Waals surface area (Å²) >= 11 is 5.81. The molecule has 2 atom stereocenters. The van der Waals surface area contributed by atoms with Gasteiger partial charge in [-0.3, -0.25) is 4.98 Å². The van der Waals surface area contributed by atoms with Crippen LogP contribution >= 0.6 is 12.2 Å². The number of ether oxygens (including phenoxy) is 1. The molecule has 7 heteroatoms. The van der Waals surface area contributed by atoms with Crippen molar-refractivity contribution in [1.82, 2.24) is 19.8 Å². The summed E-state index contributed by atoms with van der Waals surface area (Å²) in [6, 6.07) is 27.5. The summed E-state index contributed by atoms with van der Waals surface area (Å²) in [4.78, 5) is 19.0. The minimum atomic E-state index is -0.365. The number of esters is 1. The number of hydrogen-bond acceptors (Lipinski definition) is 4. The van der Waals surface area contributed by atoms with Crippen molar-refractivity contribution in [2.45, 2.75) is 18.6 Å². The molecule has 0 spiro atoms. The van der Waals surface area contributed by atoms with Crippen molar-refractivity contribution in [3.05, 3.63) is 120 Å². The highest BCUT2D eigenvalue weighted by molar-refractivity contribution is 7.80. The van der Waals surface area contributed by atoms with Crippen LogP contribution in [0.5, 0.6) is 0 Å². The van der Waals surface area contributed by atoms with Gasteiger partial charge in [-0.2, -0.15) is 0 Å². The molecule has 4 aromatic rings. The summed E-state index contributed by atoms with van der Waals surface area (Å²) < 4.78 is 7.02. The predicted molar refractivity (Wildman–Crippen MR) is 135 cm³/mol. The molecule has 0 unspecified atom stereocenters. The van der Waals surface area contributed by atoms with Crippen molar-refractivity contribution >= 4 is 23.3 Å². The van der Waals surface area contributed by atoms with Crippen molar-refractivity contribution in [3.8, 4) is 5.69 Å². The highest BCUT2D eigenvalue weighted by atomic mass is 32.1. The molecule has 170 valence electrons. The van der Waals surface area contributed by atoms with Crippen molar-refractivity contribution in [3.63, 3.8) is 0 Å². The maximum Gasteiger partial charge on any atom is 0.337 e. The van der Waals surface area contributed by atoms with Crippen LogP contribution in [0.25, 0.3) is 5.69 Å². The highest BCUT2D eigenvalue weighted by Gasteiger charge is 2.41. The average Bonchev–Trinajstić information content (AvgIpc) is 3.49. The molecule has 5 rings (SSSR count). The first-order valence-electron chi connectivity index (χ1n) is 11.0. The van der Waals surface area contributed by atoms with Crippen LogP contribution in [0.4, 0.5) is 0 Å². The Labute approximate surface area is 203 Å². The normalized spacial score (nSPS) is 17.4. The van der Waals surface area contributed by atoms with Crippen LogP contribution in [0, 0.1) is 0 Å². The molecule has 0 bridgehead atoms. The Morgan fingerprint density at radius 3 is 2.62 bits per heavy atom. The Morgan fingerprint density at radius 1 is 1.03 bits per heavy atom. The Morgan fingerprint density at radius 2 is 1.85 bits per heavy atom. The molecule has 2 aromatic heterocycles. The van der Waals surface area contributed by atoms with E-state index in [1.165, 1.54) is 12.7 Å². The first-order valence-corrected chi connectivity index (χ1v) is 11.4. The molecular weight excluding hydrogens is 444 g/mol. The molecule has 2 aromatic carbocycles. The van der Waals surface area contributed by atoms with E-state index in [9.17, 15) is 4.79 Å². The van der Waals surface area contributed by atoms with Gasteiger partial charge in [-0.1, -0.05) is 42.5 Å². The van der Waals surface area contributed by atoms with Gasteiger partial charge < -0.3 is 19.5 Å². The Kier molecular flexibility index (Phi) is 6.10. The zero-order valence-corrected chi connectivity index (χ0v) is 19.5. The molecule has 0 amide bonds. The lowest BCUT2D eigenvalue weighted by molar-refractivity contribution is 0.0600. The lowest BCUT2D eigenvalue weighted by atomic mass is 10.0. The number of nitrogens with zero attached hydrogens (tertiary/aromatic N) is 3. The predicted octanol–water partition coefficient (Wildman–Crippen LogP) is 4.83. The Hall–Kier alpha value is -3.97. The number of benzene rings is 2. The van der Waals surface area contributed by atoms with Crippen LogP contribution in [0.1, 0.15) is 39.4 Å². The number of hydrogen-bond donors (Lipinski definition) is 1. The van der Waals surface area contributed by atoms with Crippen LogP contribution in [0.15, 0.2) is 97.3 Å². The van der Waals surface area contributed by atoms with Gasteiger partial charge in [0.1, 0.15) is 0 Å². The fourth-order valence-corrected chi connectivity index (χ4v) is 4.75. The third kappa shape index (κ3) is 4.18.